The molecule has 1 fully saturated rings. The molecule has 1 aromatic heterocycles. The van der Waals surface area contributed by atoms with E-state index < -0.39 is 4.92 Å². The molecule has 0 N–H and O–H groups in total. The molecule has 26 heavy (non-hydrogen) atoms. The molecule has 1 atom stereocenters. The molecule has 0 saturated carbocycles. The Morgan fingerprint density at radius 2 is 2.19 bits per heavy atom. The predicted octanol–water partition coefficient (Wildman–Crippen LogP) is 2.09. The zero-order chi connectivity index (χ0) is 18.8. The Kier molecular flexibility index (Phi) is 5.03. The number of benzene rings is 1. The van der Waals surface area contributed by atoms with Gasteiger partial charge in [0.15, 0.2) is 5.82 Å². The molecule has 1 aliphatic rings. The normalized spacial score (nSPS) is 17.1. The van der Waals surface area contributed by atoms with E-state index in [-0.39, 0.29) is 28.9 Å². The van der Waals surface area contributed by atoms with Gasteiger partial charge >= 0.3 is 0 Å². The van der Waals surface area contributed by atoms with Crippen molar-refractivity contribution in [2.45, 2.75) is 18.9 Å². The van der Waals surface area contributed by atoms with E-state index in [9.17, 15) is 14.9 Å². The van der Waals surface area contributed by atoms with Crippen molar-refractivity contribution in [3.63, 3.8) is 0 Å². The fourth-order valence-corrected chi connectivity index (χ4v) is 3.53. The average molecular weight is 357 g/mol. The van der Waals surface area contributed by atoms with Gasteiger partial charge in [0.2, 0.25) is 5.78 Å². The van der Waals surface area contributed by atoms with Gasteiger partial charge in [-0.15, -0.1) is 0 Å². The van der Waals surface area contributed by atoms with Crippen LogP contribution in [0.5, 0.6) is 0 Å². The van der Waals surface area contributed by atoms with Gasteiger partial charge in [0.25, 0.3) is 5.69 Å². The first kappa shape index (κ1) is 18.1. The molecular formula is C18H23N5O3. The summed E-state index contributed by atoms with van der Waals surface area (Å²) >= 11 is 0. The summed E-state index contributed by atoms with van der Waals surface area (Å²) in [5, 5.41) is 11.7. The second-order valence-electron chi connectivity index (χ2n) is 6.90. The molecule has 0 aliphatic carbocycles. The van der Waals surface area contributed by atoms with Crippen LogP contribution in [-0.2, 0) is 7.05 Å². The molecule has 1 saturated heterocycles. The Bertz CT molecular complexity index is 830. The van der Waals surface area contributed by atoms with Crippen molar-refractivity contribution < 1.29 is 9.72 Å². The molecule has 0 radical (unpaired) electrons. The van der Waals surface area contributed by atoms with E-state index in [1.807, 2.05) is 14.1 Å². The first-order valence-corrected chi connectivity index (χ1v) is 8.60. The number of imidazole rings is 1. The topological polar surface area (TPSA) is 84.5 Å². The van der Waals surface area contributed by atoms with Crippen LogP contribution in [0.15, 0.2) is 30.6 Å². The van der Waals surface area contributed by atoms with E-state index in [0.29, 0.717) is 5.69 Å². The summed E-state index contributed by atoms with van der Waals surface area (Å²) < 4.78 is 1.61. The van der Waals surface area contributed by atoms with Crippen molar-refractivity contribution in [1.82, 2.24) is 14.5 Å². The summed E-state index contributed by atoms with van der Waals surface area (Å²) in [6.45, 7) is 1.62. The molecule has 0 bridgehead atoms. The minimum Gasteiger partial charge on any atom is -0.362 e. The Hall–Kier alpha value is -2.74. The Balaban J connectivity index is 1.96. The van der Waals surface area contributed by atoms with Crippen LogP contribution < -0.4 is 4.90 Å². The number of likely N-dealkylation sites (N-methyl/N-ethyl adjacent to an activating group) is 1. The number of hydrogen-bond acceptors (Lipinski definition) is 6. The number of nitro groups is 1. The summed E-state index contributed by atoms with van der Waals surface area (Å²) in [5.41, 5.74) is 0.824. The average Bonchev–Trinajstić information content (AvgIpc) is 3.22. The smallest absolute Gasteiger partial charge is 0.293 e. The van der Waals surface area contributed by atoms with E-state index in [2.05, 4.69) is 14.8 Å². The van der Waals surface area contributed by atoms with Gasteiger partial charge < -0.3 is 14.4 Å². The van der Waals surface area contributed by atoms with Crippen LogP contribution in [0, 0.1) is 10.1 Å². The zero-order valence-corrected chi connectivity index (χ0v) is 15.3. The van der Waals surface area contributed by atoms with Crippen molar-refractivity contribution in [1.29, 1.82) is 0 Å². The number of anilines is 1. The van der Waals surface area contributed by atoms with Crippen LogP contribution in [0.4, 0.5) is 11.4 Å². The number of hydrogen-bond donors (Lipinski definition) is 0. The molecule has 1 aliphatic heterocycles. The molecule has 0 spiro atoms. The summed E-state index contributed by atoms with van der Waals surface area (Å²) in [6.07, 6.45) is 5.21. The molecule has 8 nitrogen and oxygen atoms in total. The third kappa shape index (κ3) is 3.45. The van der Waals surface area contributed by atoms with Crippen molar-refractivity contribution >= 4 is 17.2 Å². The van der Waals surface area contributed by atoms with Crippen molar-refractivity contribution in [2.75, 3.05) is 32.1 Å². The minimum absolute atomic E-state index is 0.0317. The van der Waals surface area contributed by atoms with E-state index >= 15 is 0 Å². The van der Waals surface area contributed by atoms with Crippen LogP contribution in [0.25, 0.3) is 0 Å². The van der Waals surface area contributed by atoms with E-state index in [1.165, 1.54) is 12.3 Å². The summed E-state index contributed by atoms with van der Waals surface area (Å²) in [5.74, 6) is -0.0582. The predicted molar refractivity (Wildman–Crippen MR) is 98.7 cm³/mol. The van der Waals surface area contributed by atoms with Gasteiger partial charge in [-0.1, -0.05) is 0 Å². The van der Waals surface area contributed by atoms with E-state index in [0.717, 1.165) is 25.9 Å². The Labute approximate surface area is 152 Å². The first-order valence-electron chi connectivity index (χ1n) is 8.60. The number of carbonyl (C=O) groups excluding carboxylic acids is 1. The highest BCUT2D eigenvalue weighted by atomic mass is 16.6. The maximum Gasteiger partial charge on any atom is 0.293 e. The van der Waals surface area contributed by atoms with Gasteiger partial charge in [0.05, 0.1) is 4.92 Å². The van der Waals surface area contributed by atoms with Crippen molar-refractivity contribution in [3.05, 3.63) is 52.1 Å². The molecule has 1 aromatic carbocycles. The van der Waals surface area contributed by atoms with Gasteiger partial charge in [-0.05, 0) is 39.1 Å². The lowest BCUT2D eigenvalue weighted by Crippen LogP contribution is -2.37. The number of nitro benzene ring substituents is 1. The monoisotopic (exact) mass is 357 g/mol. The number of aryl methyl sites for hydroxylation is 1. The van der Waals surface area contributed by atoms with Gasteiger partial charge in [0.1, 0.15) is 5.69 Å². The Morgan fingerprint density at radius 1 is 1.42 bits per heavy atom. The second kappa shape index (κ2) is 7.25. The van der Waals surface area contributed by atoms with Gasteiger partial charge in [-0.2, -0.15) is 0 Å². The zero-order valence-electron chi connectivity index (χ0n) is 15.3. The Morgan fingerprint density at radius 3 is 2.81 bits per heavy atom. The second-order valence-corrected chi connectivity index (χ2v) is 6.90. The SMILES string of the molecule is CN(C)C[C@@H]1CCCN1c1ccc(C(=O)c2nccn2C)cc1[N+](=O)[O-]. The van der Waals surface area contributed by atoms with Crippen LogP contribution >= 0.6 is 0 Å². The maximum absolute atomic E-state index is 12.6. The highest BCUT2D eigenvalue weighted by Crippen LogP contribution is 2.34. The van der Waals surface area contributed by atoms with E-state index in [4.69, 9.17) is 0 Å². The fourth-order valence-electron chi connectivity index (χ4n) is 3.53. The number of rotatable bonds is 6. The molecule has 8 heteroatoms. The van der Waals surface area contributed by atoms with Gasteiger partial charge in [0, 0.05) is 50.2 Å². The summed E-state index contributed by atoms with van der Waals surface area (Å²) in [4.78, 5) is 32.1. The molecule has 2 heterocycles. The van der Waals surface area contributed by atoms with Crippen LogP contribution in [-0.4, -0.2) is 58.4 Å². The minimum atomic E-state index is -0.407. The van der Waals surface area contributed by atoms with Crippen molar-refractivity contribution in [3.8, 4) is 0 Å². The standard InChI is InChI=1S/C18H23N5O3/c1-20(2)12-14-5-4-9-22(14)15-7-6-13(11-16(15)23(25)26)17(24)18-19-8-10-21(18)3/h6-8,10-11,14H,4-5,9,12H2,1-3H3/t14-/m0/s1. The summed E-state index contributed by atoms with van der Waals surface area (Å²) in [7, 11) is 5.72. The lowest BCUT2D eigenvalue weighted by Gasteiger charge is -2.28. The molecule has 2 aromatic rings. The third-order valence-corrected chi connectivity index (χ3v) is 4.72. The van der Waals surface area contributed by atoms with Crippen LogP contribution in [0.1, 0.15) is 29.0 Å². The highest BCUT2D eigenvalue weighted by molar-refractivity contribution is 6.07. The largest absolute Gasteiger partial charge is 0.362 e. The molecular weight excluding hydrogens is 334 g/mol. The molecule has 0 unspecified atom stereocenters. The lowest BCUT2D eigenvalue weighted by molar-refractivity contribution is -0.384. The van der Waals surface area contributed by atoms with Gasteiger partial charge in [-0.3, -0.25) is 14.9 Å². The lowest BCUT2D eigenvalue weighted by atomic mass is 10.1. The highest BCUT2D eigenvalue weighted by Gasteiger charge is 2.31. The quantitative estimate of drug-likeness (QED) is 0.447. The summed E-state index contributed by atoms with van der Waals surface area (Å²) in [6, 6.07) is 4.96. The fraction of sp³-hybridized carbons (Fsp3) is 0.444. The molecule has 0 amide bonds. The number of aromatic nitrogens is 2. The number of ketones is 1. The first-order chi connectivity index (χ1) is 12.4. The number of nitrogens with zero attached hydrogens (tertiary/aromatic N) is 5. The van der Waals surface area contributed by atoms with Crippen LogP contribution in [0.3, 0.4) is 0 Å². The molecule has 138 valence electrons. The maximum atomic E-state index is 12.6. The molecule has 3 rings (SSSR count). The van der Waals surface area contributed by atoms with Crippen LogP contribution in [0.2, 0.25) is 0 Å². The van der Waals surface area contributed by atoms with Crippen molar-refractivity contribution in [2.24, 2.45) is 7.05 Å². The third-order valence-electron chi connectivity index (χ3n) is 4.72. The van der Waals surface area contributed by atoms with E-state index in [1.54, 1.807) is 29.9 Å². The van der Waals surface area contributed by atoms with Gasteiger partial charge in [-0.25, -0.2) is 4.98 Å². The number of carbonyl (C=O) groups is 1.